The second-order valence-electron chi connectivity index (χ2n) is 7.61. The lowest BCUT2D eigenvalue weighted by molar-refractivity contribution is -0.130. The van der Waals surface area contributed by atoms with E-state index < -0.39 is 9.84 Å². The molecule has 1 aliphatic heterocycles. The molecule has 0 bridgehead atoms. The van der Waals surface area contributed by atoms with Gasteiger partial charge in [-0.1, -0.05) is 29.8 Å². The van der Waals surface area contributed by atoms with E-state index in [-0.39, 0.29) is 28.9 Å². The molecule has 2 aromatic rings. The Bertz CT molecular complexity index is 1030. The van der Waals surface area contributed by atoms with E-state index in [0.29, 0.717) is 43.9 Å². The van der Waals surface area contributed by atoms with Crippen molar-refractivity contribution in [3.05, 3.63) is 59.7 Å². The summed E-state index contributed by atoms with van der Waals surface area (Å²) in [5.74, 6) is -0.0446. The number of benzene rings is 2. The number of sulfone groups is 1. The van der Waals surface area contributed by atoms with Gasteiger partial charge in [0.1, 0.15) is 5.75 Å². The monoisotopic (exact) mass is 444 g/mol. The van der Waals surface area contributed by atoms with Crippen molar-refractivity contribution in [3.63, 3.8) is 0 Å². The maximum Gasteiger partial charge on any atom is 0.257 e. The van der Waals surface area contributed by atoms with Crippen LogP contribution in [0.5, 0.6) is 5.75 Å². The van der Waals surface area contributed by atoms with Crippen molar-refractivity contribution in [2.75, 3.05) is 39.0 Å². The van der Waals surface area contributed by atoms with Crippen LogP contribution in [0.15, 0.2) is 53.4 Å². The third kappa shape index (κ3) is 5.64. The maximum absolute atomic E-state index is 12.9. The number of hydrogen-bond donors (Lipinski definition) is 0. The second kappa shape index (κ2) is 9.96. The molecule has 1 heterocycles. The van der Waals surface area contributed by atoms with Crippen molar-refractivity contribution in [2.24, 2.45) is 0 Å². The molecule has 2 amide bonds. The summed E-state index contributed by atoms with van der Waals surface area (Å²) in [5.41, 5.74) is 1.47. The molecule has 166 valence electrons. The summed E-state index contributed by atoms with van der Waals surface area (Å²) in [4.78, 5) is 29.2. The molecular formula is C23H28N2O5S. The predicted molar refractivity (Wildman–Crippen MR) is 118 cm³/mol. The highest BCUT2D eigenvalue weighted by Crippen LogP contribution is 2.20. The summed E-state index contributed by atoms with van der Waals surface area (Å²) in [6.07, 6.45) is 0.563. The average Bonchev–Trinajstić information content (AvgIpc) is 3.04. The molecular weight excluding hydrogens is 416 g/mol. The zero-order valence-corrected chi connectivity index (χ0v) is 18.7. The summed E-state index contributed by atoms with van der Waals surface area (Å²) in [7, 11) is -1.99. The van der Waals surface area contributed by atoms with Gasteiger partial charge in [0.25, 0.3) is 5.91 Å². The topological polar surface area (TPSA) is 84.0 Å². The van der Waals surface area contributed by atoms with Gasteiger partial charge in [0.05, 0.1) is 23.3 Å². The zero-order chi connectivity index (χ0) is 22.4. The fraction of sp³-hybridized carbons (Fsp3) is 0.391. The summed E-state index contributed by atoms with van der Waals surface area (Å²) in [6, 6.07) is 13.7. The molecule has 0 atom stereocenters. The van der Waals surface area contributed by atoms with Crippen molar-refractivity contribution in [1.82, 2.24) is 9.80 Å². The van der Waals surface area contributed by atoms with E-state index in [1.165, 1.54) is 7.11 Å². The highest BCUT2D eigenvalue weighted by Gasteiger charge is 2.25. The second-order valence-corrected chi connectivity index (χ2v) is 9.72. The van der Waals surface area contributed by atoms with Crippen LogP contribution in [0.4, 0.5) is 0 Å². The quantitative estimate of drug-likeness (QED) is 0.684. The third-order valence-electron chi connectivity index (χ3n) is 5.44. The van der Waals surface area contributed by atoms with E-state index in [1.807, 2.05) is 13.0 Å². The van der Waals surface area contributed by atoms with Gasteiger partial charge in [-0.2, -0.15) is 0 Å². The average molecular weight is 445 g/mol. The third-order valence-corrected chi connectivity index (χ3v) is 7.17. The Labute approximate surface area is 183 Å². The Morgan fingerprint density at radius 2 is 1.58 bits per heavy atom. The van der Waals surface area contributed by atoms with E-state index in [4.69, 9.17) is 4.74 Å². The molecule has 0 aliphatic carbocycles. The molecule has 0 spiro atoms. The Kier molecular flexibility index (Phi) is 7.33. The van der Waals surface area contributed by atoms with E-state index >= 15 is 0 Å². The van der Waals surface area contributed by atoms with Crippen molar-refractivity contribution < 1.29 is 22.7 Å². The number of rotatable bonds is 6. The van der Waals surface area contributed by atoms with Crippen molar-refractivity contribution >= 4 is 21.7 Å². The lowest BCUT2D eigenvalue weighted by Gasteiger charge is -2.23. The predicted octanol–water partition coefficient (Wildman–Crippen LogP) is 2.54. The largest absolute Gasteiger partial charge is 0.496 e. The van der Waals surface area contributed by atoms with Gasteiger partial charge in [-0.3, -0.25) is 9.59 Å². The van der Waals surface area contributed by atoms with Crippen LogP contribution in [-0.4, -0.2) is 69.1 Å². The summed E-state index contributed by atoms with van der Waals surface area (Å²) >= 11 is 0. The Morgan fingerprint density at radius 3 is 2.29 bits per heavy atom. The van der Waals surface area contributed by atoms with Gasteiger partial charge in [-0.15, -0.1) is 0 Å². The van der Waals surface area contributed by atoms with Gasteiger partial charge in [-0.05, 0) is 37.6 Å². The van der Waals surface area contributed by atoms with Crippen molar-refractivity contribution in [3.8, 4) is 5.75 Å². The standard InChI is InChI=1S/C23H28N2O5S/c1-18-8-10-19(11-9-18)31(28,29)17-12-22(26)24-13-5-14-25(16-15-24)23(27)20-6-3-4-7-21(20)30-2/h3-4,6-11H,5,12-17H2,1-2H3. The van der Waals surface area contributed by atoms with Gasteiger partial charge in [-0.25, -0.2) is 8.42 Å². The maximum atomic E-state index is 12.9. The lowest BCUT2D eigenvalue weighted by atomic mass is 10.1. The minimum atomic E-state index is -3.51. The van der Waals surface area contributed by atoms with Crippen LogP contribution >= 0.6 is 0 Å². The summed E-state index contributed by atoms with van der Waals surface area (Å²) < 4.78 is 30.3. The molecule has 1 aliphatic rings. The van der Waals surface area contributed by atoms with Gasteiger partial charge in [0.15, 0.2) is 9.84 Å². The van der Waals surface area contributed by atoms with E-state index in [1.54, 1.807) is 52.3 Å². The van der Waals surface area contributed by atoms with Crippen LogP contribution in [0.25, 0.3) is 0 Å². The normalized spacial score (nSPS) is 14.8. The number of aryl methyl sites for hydroxylation is 1. The van der Waals surface area contributed by atoms with E-state index in [9.17, 15) is 18.0 Å². The zero-order valence-electron chi connectivity index (χ0n) is 17.9. The molecule has 0 saturated carbocycles. The number of amides is 2. The summed E-state index contributed by atoms with van der Waals surface area (Å²) in [6.45, 7) is 3.69. The number of carbonyl (C=O) groups excluding carboxylic acids is 2. The highest BCUT2D eigenvalue weighted by atomic mass is 32.2. The van der Waals surface area contributed by atoms with E-state index in [0.717, 1.165) is 5.56 Å². The molecule has 0 aromatic heterocycles. The lowest BCUT2D eigenvalue weighted by Crippen LogP contribution is -2.38. The number of ether oxygens (including phenoxy) is 1. The molecule has 31 heavy (non-hydrogen) atoms. The smallest absolute Gasteiger partial charge is 0.257 e. The number of methoxy groups -OCH3 is 1. The number of carbonyl (C=O) groups is 2. The fourth-order valence-corrected chi connectivity index (χ4v) is 4.83. The van der Waals surface area contributed by atoms with Crippen LogP contribution in [0.1, 0.15) is 28.8 Å². The SMILES string of the molecule is COc1ccccc1C(=O)N1CCCN(C(=O)CCS(=O)(=O)c2ccc(C)cc2)CC1. The van der Waals surface area contributed by atoms with Gasteiger partial charge in [0, 0.05) is 32.6 Å². The first kappa shape index (κ1) is 22.8. The molecule has 3 rings (SSSR count). The van der Waals surface area contributed by atoms with Crippen LogP contribution < -0.4 is 4.74 Å². The van der Waals surface area contributed by atoms with Crippen LogP contribution in [0.3, 0.4) is 0 Å². The molecule has 8 heteroatoms. The fourth-order valence-electron chi connectivity index (χ4n) is 3.60. The Balaban J connectivity index is 1.58. The van der Waals surface area contributed by atoms with E-state index in [2.05, 4.69) is 0 Å². The first-order valence-corrected chi connectivity index (χ1v) is 12.0. The van der Waals surface area contributed by atoms with Crippen molar-refractivity contribution in [1.29, 1.82) is 0 Å². The molecule has 0 radical (unpaired) electrons. The Morgan fingerprint density at radius 1 is 0.935 bits per heavy atom. The molecule has 7 nitrogen and oxygen atoms in total. The molecule has 1 saturated heterocycles. The van der Waals surface area contributed by atoms with Crippen LogP contribution in [0.2, 0.25) is 0 Å². The van der Waals surface area contributed by atoms with Gasteiger partial charge < -0.3 is 14.5 Å². The first-order chi connectivity index (χ1) is 14.8. The highest BCUT2D eigenvalue weighted by molar-refractivity contribution is 7.91. The molecule has 2 aromatic carbocycles. The number of nitrogens with zero attached hydrogens (tertiary/aromatic N) is 2. The minimum Gasteiger partial charge on any atom is -0.496 e. The molecule has 1 fully saturated rings. The van der Waals surface area contributed by atoms with Gasteiger partial charge >= 0.3 is 0 Å². The summed E-state index contributed by atoms with van der Waals surface area (Å²) in [5, 5.41) is 0. The molecule has 0 N–H and O–H groups in total. The van der Waals surface area contributed by atoms with Gasteiger partial charge in [0.2, 0.25) is 5.91 Å². The number of hydrogen-bond acceptors (Lipinski definition) is 5. The van der Waals surface area contributed by atoms with Crippen molar-refractivity contribution in [2.45, 2.75) is 24.7 Å². The van der Waals surface area contributed by atoms with Crippen LogP contribution in [0, 0.1) is 6.92 Å². The number of para-hydroxylation sites is 1. The van der Waals surface area contributed by atoms with Crippen LogP contribution in [-0.2, 0) is 14.6 Å². The minimum absolute atomic E-state index is 0.0728. The Hall–Kier alpha value is -2.87. The first-order valence-electron chi connectivity index (χ1n) is 10.3. The molecule has 0 unspecified atom stereocenters.